The van der Waals surface area contributed by atoms with Crippen LogP contribution in [0.2, 0.25) is 0 Å². The minimum absolute atomic E-state index is 0.236. The summed E-state index contributed by atoms with van der Waals surface area (Å²) in [7, 11) is 0. The van der Waals surface area contributed by atoms with Gasteiger partial charge in [-0.1, -0.05) is 18.2 Å². The molecule has 0 bridgehead atoms. The molecule has 160 valence electrons. The van der Waals surface area contributed by atoms with Crippen molar-refractivity contribution in [1.82, 2.24) is 15.0 Å². The van der Waals surface area contributed by atoms with Crippen molar-refractivity contribution in [2.24, 2.45) is 10.2 Å². The molecule has 4 rings (SSSR count). The average Bonchev–Trinajstić information content (AvgIpc) is 2.80. The summed E-state index contributed by atoms with van der Waals surface area (Å²) in [4.78, 5) is 15.3. The second kappa shape index (κ2) is 10.5. The molecule has 0 saturated carbocycles. The van der Waals surface area contributed by atoms with Gasteiger partial charge in [-0.25, -0.2) is 4.39 Å². The molecule has 3 aromatic rings. The maximum absolute atomic E-state index is 13.3. The molecule has 0 atom stereocenters. The molecule has 0 amide bonds. The summed E-state index contributed by atoms with van der Waals surface area (Å²) in [6.45, 7) is 3.37. The lowest BCUT2D eigenvalue weighted by molar-refractivity contribution is 0.122. The second-order valence-electron chi connectivity index (χ2n) is 6.92. The number of benzene rings is 1. The van der Waals surface area contributed by atoms with E-state index in [4.69, 9.17) is 9.47 Å². The maximum Gasteiger partial charge on any atom is 0.320 e. The van der Waals surface area contributed by atoms with Crippen LogP contribution in [0.3, 0.4) is 0 Å². The van der Waals surface area contributed by atoms with Gasteiger partial charge < -0.3 is 14.4 Å². The Morgan fingerprint density at radius 1 is 1.06 bits per heavy atom. The molecule has 1 aromatic carbocycles. The fraction of sp³-hybridized carbons (Fsp3) is 0.318. The highest BCUT2D eigenvalue weighted by Gasteiger charge is 2.15. The zero-order valence-corrected chi connectivity index (χ0v) is 17.0. The van der Waals surface area contributed by atoms with Crippen LogP contribution in [0.25, 0.3) is 0 Å². The van der Waals surface area contributed by atoms with E-state index in [0.717, 1.165) is 24.3 Å². The molecular weight excluding hydrogens is 399 g/mol. The summed E-state index contributed by atoms with van der Waals surface area (Å²) in [6.07, 6.45) is 2.39. The number of pyridine rings is 1. The zero-order valence-electron chi connectivity index (χ0n) is 17.0. The first-order chi connectivity index (χ1) is 15.3. The Labute approximate surface area is 179 Å². The number of nitrogens with zero attached hydrogens (tertiary/aromatic N) is 6. The van der Waals surface area contributed by atoms with Crippen molar-refractivity contribution >= 4 is 11.6 Å². The van der Waals surface area contributed by atoms with Crippen LogP contribution < -0.4 is 9.64 Å². The van der Waals surface area contributed by atoms with Gasteiger partial charge >= 0.3 is 6.01 Å². The Morgan fingerprint density at radius 2 is 1.97 bits per heavy atom. The monoisotopic (exact) mass is 422 g/mol. The van der Waals surface area contributed by atoms with Gasteiger partial charge in [-0.05, 0) is 29.8 Å². The number of azo groups is 1. The lowest BCUT2D eigenvalue weighted by atomic mass is 10.2. The SMILES string of the molecule is Fc1cccc(CN=Nc2cc(N3CCOCC3)nc(OCCc3ccccn3)n2)c1. The van der Waals surface area contributed by atoms with E-state index in [1.165, 1.54) is 12.1 Å². The number of anilines is 1. The number of ether oxygens (including phenoxy) is 2. The van der Waals surface area contributed by atoms with E-state index in [1.807, 2.05) is 18.2 Å². The number of hydrogen-bond acceptors (Lipinski definition) is 8. The van der Waals surface area contributed by atoms with Crippen LogP contribution in [-0.2, 0) is 17.7 Å². The van der Waals surface area contributed by atoms with Gasteiger partial charge in [0, 0.05) is 37.5 Å². The topological polar surface area (TPSA) is 85.1 Å². The molecule has 3 heterocycles. The number of halogens is 1. The van der Waals surface area contributed by atoms with E-state index in [9.17, 15) is 4.39 Å². The Kier molecular flexibility index (Phi) is 7.07. The summed E-state index contributed by atoms with van der Waals surface area (Å²) in [5, 5.41) is 8.38. The number of hydrogen-bond donors (Lipinski definition) is 0. The molecule has 0 N–H and O–H groups in total. The van der Waals surface area contributed by atoms with E-state index in [0.29, 0.717) is 37.9 Å². The van der Waals surface area contributed by atoms with Crippen molar-refractivity contribution in [3.63, 3.8) is 0 Å². The summed E-state index contributed by atoms with van der Waals surface area (Å²) in [6, 6.07) is 14.0. The lowest BCUT2D eigenvalue weighted by Crippen LogP contribution is -2.36. The molecule has 0 aliphatic carbocycles. The fourth-order valence-corrected chi connectivity index (χ4v) is 3.09. The lowest BCUT2D eigenvalue weighted by Gasteiger charge is -2.27. The van der Waals surface area contributed by atoms with Gasteiger partial charge in [0.25, 0.3) is 0 Å². The third-order valence-corrected chi connectivity index (χ3v) is 4.64. The Morgan fingerprint density at radius 3 is 2.77 bits per heavy atom. The van der Waals surface area contributed by atoms with E-state index in [1.54, 1.807) is 24.4 Å². The first kappa shape index (κ1) is 20.8. The van der Waals surface area contributed by atoms with Gasteiger partial charge in [-0.15, -0.1) is 5.11 Å². The van der Waals surface area contributed by atoms with Crippen molar-refractivity contribution in [3.8, 4) is 6.01 Å². The van der Waals surface area contributed by atoms with Crippen molar-refractivity contribution in [2.45, 2.75) is 13.0 Å². The molecular formula is C22H23FN6O2. The largest absolute Gasteiger partial charge is 0.463 e. The van der Waals surface area contributed by atoms with E-state index in [-0.39, 0.29) is 18.4 Å². The molecule has 0 spiro atoms. The van der Waals surface area contributed by atoms with Crippen LogP contribution in [0, 0.1) is 5.82 Å². The first-order valence-electron chi connectivity index (χ1n) is 10.1. The third-order valence-electron chi connectivity index (χ3n) is 4.64. The summed E-state index contributed by atoms with van der Waals surface area (Å²) in [5.41, 5.74) is 1.67. The Hall–Kier alpha value is -3.46. The van der Waals surface area contributed by atoms with Gasteiger partial charge in [0.05, 0.1) is 26.4 Å². The van der Waals surface area contributed by atoms with Crippen LogP contribution in [0.5, 0.6) is 6.01 Å². The van der Waals surface area contributed by atoms with E-state index >= 15 is 0 Å². The summed E-state index contributed by atoms with van der Waals surface area (Å²) < 4.78 is 24.6. The third kappa shape index (κ3) is 6.26. The smallest absolute Gasteiger partial charge is 0.320 e. The predicted molar refractivity (Wildman–Crippen MR) is 113 cm³/mol. The van der Waals surface area contributed by atoms with Crippen LogP contribution in [0.15, 0.2) is 65.0 Å². The van der Waals surface area contributed by atoms with Crippen molar-refractivity contribution in [3.05, 3.63) is 71.8 Å². The second-order valence-corrected chi connectivity index (χ2v) is 6.92. The fourth-order valence-electron chi connectivity index (χ4n) is 3.09. The Bertz CT molecular complexity index is 1010. The van der Waals surface area contributed by atoms with Crippen molar-refractivity contribution in [2.75, 3.05) is 37.8 Å². The van der Waals surface area contributed by atoms with Crippen molar-refractivity contribution in [1.29, 1.82) is 0 Å². The predicted octanol–water partition coefficient (Wildman–Crippen LogP) is 3.75. The normalized spacial score (nSPS) is 14.2. The number of rotatable bonds is 8. The molecule has 9 heteroatoms. The number of morpholine rings is 1. The average molecular weight is 422 g/mol. The van der Waals surface area contributed by atoms with E-state index < -0.39 is 0 Å². The standard InChI is InChI=1S/C22H23FN6O2/c23-18-5-3-4-17(14-18)16-25-28-20-15-21(29-9-12-30-13-10-29)27-22(26-20)31-11-7-19-6-1-2-8-24-19/h1-6,8,14-15H,7,9-13,16H2. The van der Waals surface area contributed by atoms with Gasteiger partial charge in [0.15, 0.2) is 5.82 Å². The summed E-state index contributed by atoms with van der Waals surface area (Å²) >= 11 is 0. The van der Waals surface area contributed by atoms with Gasteiger partial charge in [0.1, 0.15) is 11.6 Å². The first-order valence-corrected chi connectivity index (χ1v) is 10.1. The van der Waals surface area contributed by atoms with Crippen LogP contribution >= 0.6 is 0 Å². The summed E-state index contributed by atoms with van der Waals surface area (Å²) in [5.74, 6) is 0.805. The molecule has 1 aliphatic rings. The molecule has 0 radical (unpaired) electrons. The quantitative estimate of drug-likeness (QED) is 0.514. The highest BCUT2D eigenvalue weighted by atomic mass is 19.1. The van der Waals surface area contributed by atoms with Crippen molar-refractivity contribution < 1.29 is 13.9 Å². The van der Waals surface area contributed by atoms with E-state index in [2.05, 4.69) is 30.1 Å². The highest BCUT2D eigenvalue weighted by molar-refractivity contribution is 5.47. The Balaban J connectivity index is 1.47. The van der Waals surface area contributed by atoms with Gasteiger partial charge in [-0.3, -0.25) is 4.98 Å². The minimum Gasteiger partial charge on any atom is -0.463 e. The number of aromatic nitrogens is 3. The molecule has 31 heavy (non-hydrogen) atoms. The molecule has 8 nitrogen and oxygen atoms in total. The van der Waals surface area contributed by atoms with Crippen LogP contribution in [-0.4, -0.2) is 47.9 Å². The van der Waals surface area contributed by atoms with Crippen LogP contribution in [0.1, 0.15) is 11.3 Å². The minimum atomic E-state index is -0.298. The van der Waals surface area contributed by atoms with Gasteiger partial charge in [-0.2, -0.15) is 15.1 Å². The zero-order chi connectivity index (χ0) is 21.3. The molecule has 2 aromatic heterocycles. The molecule has 1 saturated heterocycles. The highest BCUT2D eigenvalue weighted by Crippen LogP contribution is 2.23. The molecule has 1 aliphatic heterocycles. The molecule has 1 fully saturated rings. The van der Waals surface area contributed by atoms with Crippen LogP contribution in [0.4, 0.5) is 16.0 Å². The van der Waals surface area contributed by atoms with Gasteiger partial charge in [0.2, 0.25) is 0 Å². The molecule has 0 unspecified atom stereocenters. The maximum atomic E-state index is 13.3.